The number of hydrogen-bond acceptors (Lipinski definition) is 5. The van der Waals surface area contributed by atoms with Gasteiger partial charge in [0.25, 0.3) is 0 Å². The zero-order valence-corrected chi connectivity index (χ0v) is 14.2. The van der Waals surface area contributed by atoms with Crippen molar-refractivity contribution in [2.45, 2.75) is 36.9 Å². The van der Waals surface area contributed by atoms with E-state index in [9.17, 15) is 18.0 Å². The number of esters is 1. The van der Waals surface area contributed by atoms with Crippen LogP contribution in [0, 0.1) is 0 Å². The predicted molar refractivity (Wildman–Crippen MR) is 85.6 cm³/mol. The number of alkyl halides is 3. The number of rotatable bonds is 6. The maximum atomic E-state index is 13.7. The van der Waals surface area contributed by atoms with Gasteiger partial charge >= 0.3 is 12.1 Å². The summed E-state index contributed by atoms with van der Waals surface area (Å²) in [5.41, 5.74) is -2.09. The van der Waals surface area contributed by atoms with Crippen molar-refractivity contribution in [1.29, 1.82) is 0 Å². The number of hydrogen-bond donors (Lipinski definition) is 1. The van der Waals surface area contributed by atoms with E-state index in [0.717, 1.165) is 7.11 Å². The third-order valence-electron chi connectivity index (χ3n) is 3.95. The van der Waals surface area contributed by atoms with Gasteiger partial charge in [-0.2, -0.15) is 24.9 Å². The van der Waals surface area contributed by atoms with Crippen molar-refractivity contribution >= 4 is 17.7 Å². The van der Waals surface area contributed by atoms with E-state index in [1.54, 1.807) is 42.1 Å². The van der Waals surface area contributed by atoms with Gasteiger partial charge in [0.15, 0.2) is 0 Å². The van der Waals surface area contributed by atoms with Crippen molar-refractivity contribution in [2.24, 2.45) is 0 Å². The summed E-state index contributed by atoms with van der Waals surface area (Å²) < 4.78 is 51.0. The molecule has 134 valence electrons. The molecule has 1 aromatic carbocycles. The van der Waals surface area contributed by atoms with Crippen LogP contribution in [0.15, 0.2) is 30.3 Å². The van der Waals surface area contributed by atoms with E-state index in [-0.39, 0.29) is 0 Å². The van der Waals surface area contributed by atoms with E-state index < -0.39 is 36.4 Å². The van der Waals surface area contributed by atoms with E-state index in [1.807, 2.05) is 6.26 Å². The Morgan fingerprint density at radius 2 is 2.04 bits per heavy atom. The van der Waals surface area contributed by atoms with Crippen LogP contribution in [0.1, 0.15) is 24.5 Å². The van der Waals surface area contributed by atoms with Crippen molar-refractivity contribution < 1.29 is 27.4 Å². The maximum Gasteiger partial charge on any atom is 0.431 e. The van der Waals surface area contributed by atoms with Crippen LogP contribution in [0.5, 0.6) is 0 Å². The Morgan fingerprint density at radius 1 is 1.38 bits per heavy atom. The summed E-state index contributed by atoms with van der Waals surface area (Å²) in [7, 11) is 1.06. The predicted octanol–water partition coefficient (Wildman–Crippen LogP) is 3.29. The van der Waals surface area contributed by atoms with Crippen molar-refractivity contribution in [2.75, 3.05) is 19.1 Å². The fourth-order valence-electron chi connectivity index (χ4n) is 2.74. The van der Waals surface area contributed by atoms with Gasteiger partial charge in [-0.1, -0.05) is 30.3 Å². The number of ether oxygens (including phenoxy) is 2. The first-order valence-electron chi connectivity index (χ1n) is 7.46. The van der Waals surface area contributed by atoms with Gasteiger partial charge in [-0.25, -0.2) is 0 Å². The number of methoxy groups -OCH3 is 1. The first kappa shape index (κ1) is 19.1. The van der Waals surface area contributed by atoms with Gasteiger partial charge in [0.05, 0.1) is 13.5 Å². The number of carbonyl (C=O) groups excluding carboxylic acids is 1. The number of nitrogens with one attached hydrogen (secondary N) is 1. The highest BCUT2D eigenvalue weighted by molar-refractivity contribution is 7.98. The first-order valence-corrected chi connectivity index (χ1v) is 8.85. The normalized spacial score (nSPS) is 27.2. The van der Waals surface area contributed by atoms with Crippen LogP contribution in [0.3, 0.4) is 0 Å². The Hall–Kier alpha value is -1.25. The first-order chi connectivity index (χ1) is 11.3. The molecule has 8 heteroatoms. The summed E-state index contributed by atoms with van der Waals surface area (Å²) in [5.74, 6) is -0.298. The van der Waals surface area contributed by atoms with Crippen LogP contribution in [0.2, 0.25) is 0 Å². The van der Waals surface area contributed by atoms with Crippen LogP contribution >= 0.6 is 11.8 Å². The van der Waals surface area contributed by atoms with Crippen LogP contribution < -0.4 is 5.32 Å². The molecule has 1 aromatic rings. The number of benzene rings is 1. The summed E-state index contributed by atoms with van der Waals surface area (Å²) >= 11 is 1.54. The van der Waals surface area contributed by atoms with Crippen molar-refractivity contribution in [3.63, 3.8) is 0 Å². The average molecular weight is 363 g/mol. The fraction of sp³-hybridized carbons (Fsp3) is 0.562. The number of thioether (sulfide) groups is 1. The highest BCUT2D eigenvalue weighted by atomic mass is 32.2. The molecule has 0 unspecified atom stereocenters. The molecule has 4 nitrogen and oxygen atoms in total. The molecule has 0 amide bonds. The molecular formula is C16H20F3NO3S. The molecule has 1 N–H and O–H groups in total. The Labute approximate surface area is 143 Å². The summed E-state index contributed by atoms with van der Waals surface area (Å²) in [6.07, 6.45) is -4.09. The second kappa shape index (κ2) is 7.76. The van der Waals surface area contributed by atoms with Gasteiger partial charge in [-0.15, -0.1) is 0 Å². The second-order valence-electron chi connectivity index (χ2n) is 5.56. The van der Waals surface area contributed by atoms with Gasteiger partial charge in [0, 0.05) is 6.04 Å². The lowest BCUT2D eigenvalue weighted by molar-refractivity contribution is -0.282. The molecular weight excluding hydrogens is 343 g/mol. The van der Waals surface area contributed by atoms with Gasteiger partial charge in [0.2, 0.25) is 5.72 Å². The summed E-state index contributed by atoms with van der Waals surface area (Å²) in [5, 5.41) is 2.53. The Kier molecular flexibility index (Phi) is 6.17. The van der Waals surface area contributed by atoms with E-state index in [1.165, 1.54) is 0 Å². The second-order valence-corrected chi connectivity index (χ2v) is 6.54. The zero-order chi connectivity index (χ0) is 17.8. The van der Waals surface area contributed by atoms with Crippen LogP contribution in [0.4, 0.5) is 13.2 Å². The van der Waals surface area contributed by atoms with Gasteiger partial charge < -0.3 is 9.47 Å². The lowest BCUT2D eigenvalue weighted by atomic mass is 10.0. The molecule has 0 saturated carbocycles. The SMILES string of the molecule is COC(=O)C[C@@]1(C(F)(F)F)N[C@@H](CCSC)[C@H](c2ccccc2)O1. The molecule has 0 aliphatic carbocycles. The molecule has 1 saturated heterocycles. The largest absolute Gasteiger partial charge is 0.469 e. The van der Waals surface area contributed by atoms with E-state index >= 15 is 0 Å². The quantitative estimate of drug-likeness (QED) is 0.786. The molecule has 1 aliphatic heterocycles. The molecule has 0 bridgehead atoms. The van der Waals surface area contributed by atoms with Crippen LogP contribution in [0.25, 0.3) is 0 Å². The minimum Gasteiger partial charge on any atom is -0.469 e. The van der Waals surface area contributed by atoms with E-state index in [4.69, 9.17) is 4.74 Å². The molecule has 3 atom stereocenters. The van der Waals surface area contributed by atoms with Crippen LogP contribution in [-0.4, -0.2) is 43.0 Å². The third kappa shape index (κ3) is 4.04. The number of halogens is 3. The summed E-state index contributed by atoms with van der Waals surface area (Å²) in [4.78, 5) is 11.5. The highest BCUT2D eigenvalue weighted by Gasteiger charge is 2.63. The lowest BCUT2D eigenvalue weighted by Crippen LogP contribution is -2.57. The van der Waals surface area contributed by atoms with Crippen molar-refractivity contribution in [3.05, 3.63) is 35.9 Å². The molecule has 1 heterocycles. The summed E-state index contributed by atoms with van der Waals surface area (Å²) in [6.45, 7) is 0. The zero-order valence-electron chi connectivity index (χ0n) is 13.4. The minimum absolute atomic E-state index is 0.486. The Morgan fingerprint density at radius 3 is 2.58 bits per heavy atom. The highest BCUT2D eigenvalue weighted by Crippen LogP contribution is 2.45. The van der Waals surface area contributed by atoms with E-state index in [0.29, 0.717) is 17.7 Å². The Bertz CT molecular complexity index is 555. The molecule has 0 aromatic heterocycles. The average Bonchev–Trinajstić information content (AvgIpc) is 2.93. The smallest absolute Gasteiger partial charge is 0.431 e. The fourth-order valence-corrected chi connectivity index (χ4v) is 3.23. The summed E-state index contributed by atoms with van der Waals surface area (Å²) in [6, 6.07) is 8.18. The van der Waals surface area contributed by atoms with Crippen molar-refractivity contribution in [3.8, 4) is 0 Å². The van der Waals surface area contributed by atoms with E-state index in [2.05, 4.69) is 10.1 Å². The van der Waals surface area contributed by atoms with Crippen LogP contribution in [-0.2, 0) is 14.3 Å². The molecule has 1 fully saturated rings. The molecule has 0 radical (unpaired) electrons. The molecule has 24 heavy (non-hydrogen) atoms. The minimum atomic E-state index is -4.75. The molecule has 1 aliphatic rings. The van der Waals surface area contributed by atoms with Gasteiger partial charge in [0.1, 0.15) is 6.10 Å². The lowest BCUT2D eigenvalue weighted by Gasteiger charge is -2.30. The van der Waals surface area contributed by atoms with Crippen molar-refractivity contribution in [1.82, 2.24) is 5.32 Å². The van der Waals surface area contributed by atoms with Gasteiger partial charge in [-0.3, -0.25) is 10.1 Å². The number of carbonyl (C=O) groups is 1. The molecule has 0 spiro atoms. The standard InChI is InChI=1S/C16H20F3NO3S/c1-22-13(21)10-15(16(17,18)19)20-12(8-9-24-2)14(23-15)11-6-4-3-5-7-11/h3-7,12,14,20H,8-10H2,1-2H3/t12-,14-,15+/m0/s1. The Balaban J connectivity index is 2.35. The van der Waals surface area contributed by atoms with Gasteiger partial charge in [-0.05, 0) is 24.0 Å². The topological polar surface area (TPSA) is 47.6 Å². The monoisotopic (exact) mass is 363 g/mol. The maximum absolute atomic E-state index is 13.7. The third-order valence-corrected chi connectivity index (χ3v) is 4.60. The molecule has 2 rings (SSSR count).